The lowest BCUT2D eigenvalue weighted by Gasteiger charge is -2.24. The van der Waals surface area contributed by atoms with Crippen LogP contribution in [0.3, 0.4) is 0 Å². The first-order chi connectivity index (χ1) is 8.58. The Morgan fingerprint density at radius 1 is 1.53 bits per heavy atom. The highest BCUT2D eigenvalue weighted by Gasteiger charge is 2.23. The molecule has 3 nitrogen and oxygen atoms in total. The Hall–Kier alpha value is -0.580. The number of nitrogens with one attached hydrogen (secondary N) is 2. The van der Waals surface area contributed by atoms with Crippen molar-refractivity contribution in [1.29, 1.82) is 0 Å². The Balaban J connectivity index is 0.00000180. The Morgan fingerprint density at radius 3 is 2.79 bits per heavy atom. The molecule has 1 aliphatic heterocycles. The van der Waals surface area contributed by atoms with Crippen LogP contribution in [-0.4, -0.2) is 19.0 Å². The summed E-state index contributed by atoms with van der Waals surface area (Å²) in [6.45, 7) is 8.17. The first kappa shape index (κ1) is 16.5. The van der Waals surface area contributed by atoms with Gasteiger partial charge in [-0.1, -0.05) is 0 Å². The SMILES string of the molecule is Cc1cc(C(C)NC(=O)C2CCCNC2)c(C)s1.Cl. The Labute approximate surface area is 125 Å². The molecule has 0 aliphatic carbocycles. The summed E-state index contributed by atoms with van der Waals surface area (Å²) in [4.78, 5) is 14.8. The minimum absolute atomic E-state index is 0. The number of carbonyl (C=O) groups excluding carboxylic acids is 1. The van der Waals surface area contributed by atoms with E-state index in [1.807, 2.05) is 0 Å². The van der Waals surface area contributed by atoms with Gasteiger partial charge in [0.25, 0.3) is 0 Å². The van der Waals surface area contributed by atoms with Gasteiger partial charge in [0.1, 0.15) is 0 Å². The summed E-state index contributed by atoms with van der Waals surface area (Å²) in [5.74, 6) is 0.333. The molecule has 1 fully saturated rings. The summed E-state index contributed by atoms with van der Waals surface area (Å²) in [7, 11) is 0. The van der Waals surface area contributed by atoms with Crippen molar-refractivity contribution in [2.24, 2.45) is 5.92 Å². The molecule has 0 radical (unpaired) electrons. The number of halogens is 1. The third-order valence-corrected chi connectivity index (χ3v) is 4.55. The largest absolute Gasteiger partial charge is 0.349 e. The second kappa shape index (κ2) is 7.27. The molecular weight excluding hydrogens is 280 g/mol. The second-order valence-electron chi connectivity index (χ2n) is 5.14. The van der Waals surface area contributed by atoms with E-state index in [1.54, 1.807) is 11.3 Å². The van der Waals surface area contributed by atoms with Crippen LogP contribution in [0.15, 0.2) is 6.07 Å². The summed E-state index contributed by atoms with van der Waals surface area (Å²) in [6.07, 6.45) is 2.11. The molecule has 1 aromatic rings. The van der Waals surface area contributed by atoms with E-state index in [0.717, 1.165) is 25.9 Å². The number of thiophene rings is 1. The normalized spacial score (nSPS) is 20.5. The summed E-state index contributed by atoms with van der Waals surface area (Å²) in [6, 6.07) is 2.30. The first-order valence-corrected chi connectivity index (χ1v) is 7.47. The monoisotopic (exact) mass is 302 g/mol. The van der Waals surface area contributed by atoms with Crippen molar-refractivity contribution in [2.75, 3.05) is 13.1 Å². The molecule has 0 spiro atoms. The number of carbonyl (C=O) groups is 1. The van der Waals surface area contributed by atoms with Crippen molar-refractivity contribution in [3.63, 3.8) is 0 Å². The average molecular weight is 303 g/mol. The molecule has 0 aromatic carbocycles. The second-order valence-corrected chi connectivity index (χ2v) is 6.60. The number of rotatable bonds is 3. The molecule has 2 heterocycles. The molecule has 2 unspecified atom stereocenters. The van der Waals surface area contributed by atoms with Crippen LogP contribution in [0.2, 0.25) is 0 Å². The number of aryl methyl sites for hydroxylation is 2. The number of piperidine rings is 1. The highest BCUT2D eigenvalue weighted by Crippen LogP contribution is 2.26. The van der Waals surface area contributed by atoms with Crippen molar-refractivity contribution >= 4 is 29.7 Å². The Morgan fingerprint density at radius 2 is 2.26 bits per heavy atom. The van der Waals surface area contributed by atoms with Crippen LogP contribution in [0, 0.1) is 19.8 Å². The third-order valence-electron chi connectivity index (χ3n) is 3.57. The zero-order chi connectivity index (χ0) is 13.1. The zero-order valence-corrected chi connectivity index (χ0v) is 13.4. The van der Waals surface area contributed by atoms with Crippen molar-refractivity contribution in [3.8, 4) is 0 Å². The van der Waals surface area contributed by atoms with E-state index in [0.29, 0.717) is 0 Å². The van der Waals surface area contributed by atoms with E-state index < -0.39 is 0 Å². The average Bonchev–Trinajstić information content (AvgIpc) is 2.69. The van der Waals surface area contributed by atoms with E-state index in [-0.39, 0.29) is 30.3 Å². The van der Waals surface area contributed by atoms with Gasteiger partial charge in [0.2, 0.25) is 5.91 Å². The highest BCUT2D eigenvalue weighted by atomic mass is 35.5. The van der Waals surface area contributed by atoms with Gasteiger partial charge in [-0.05, 0) is 51.8 Å². The molecular formula is C14H23ClN2OS. The molecule has 108 valence electrons. The molecule has 2 atom stereocenters. The van der Waals surface area contributed by atoms with Gasteiger partial charge in [0.15, 0.2) is 0 Å². The fraction of sp³-hybridized carbons (Fsp3) is 0.643. The van der Waals surface area contributed by atoms with Gasteiger partial charge < -0.3 is 10.6 Å². The summed E-state index contributed by atoms with van der Waals surface area (Å²) >= 11 is 1.80. The summed E-state index contributed by atoms with van der Waals surface area (Å²) in [5.41, 5.74) is 1.26. The maximum atomic E-state index is 12.2. The standard InChI is InChI=1S/C14H22N2OS.ClH/c1-9-7-13(11(3)18-9)10(2)16-14(17)12-5-4-6-15-8-12;/h7,10,12,15H,4-6,8H2,1-3H3,(H,16,17);1H. The summed E-state index contributed by atoms with van der Waals surface area (Å²) < 4.78 is 0. The van der Waals surface area contributed by atoms with Crippen LogP contribution >= 0.6 is 23.7 Å². The highest BCUT2D eigenvalue weighted by molar-refractivity contribution is 7.12. The van der Waals surface area contributed by atoms with Crippen molar-refractivity contribution in [2.45, 2.75) is 39.7 Å². The number of amides is 1. The minimum Gasteiger partial charge on any atom is -0.349 e. The van der Waals surface area contributed by atoms with Crippen LogP contribution in [0.1, 0.15) is 41.1 Å². The maximum absolute atomic E-state index is 12.2. The fourth-order valence-electron chi connectivity index (χ4n) is 2.56. The van der Waals surface area contributed by atoms with E-state index in [1.165, 1.54) is 15.3 Å². The van der Waals surface area contributed by atoms with E-state index in [4.69, 9.17) is 0 Å². The van der Waals surface area contributed by atoms with Gasteiger partial charge >= 0.3 is 0 Å². The molecule has 1 amide bonds. The van der Waals surface area contributed by atoms with Gasteiger partial charge in [-0.2, -0.15) is 0 Å². The van der Waals surface area contributed by atoms with Crippen LogP contribution in [-0.2, 0) is 4.79 Å². The Kier molecular flexibility index (Phi) is 6.30. The molecule has 2 N–H and O–H groups in total. The van der Waals surface area contributed by atoms with Crippen molar-refractivity contribution < 1.29 is 4.79 Å². The number of hydrogen-bond acceptors (Lipinski definition) is 3. The molecule has 5 heteroatoms. The van der Waals surface area contributed by atoms with E-state index >= 15 is 0 Å². The lowest BCUT2D eigenvalue weighted by atomic mass is 9.98. The summed E-state index contributed by atoms with van der Waals surface area (Å²) in [5, 5.41) is 6.43. The van der Waals surface area contributed by atoms with E-state index in [2.05, 4.69) is 37.5 Å². The Bertz CT molecular complexity index is 427. The van der Waals surface area contributed by atoms with Gasteiger partial charge in [-0.3, -0.25) is 4.79 Å². The lowest BCUT2D eigenvalue weighted by molar-refractivity contribution is -0.126. The molecule has 0 bridgehead atoms. The van der Waals surface area contributed by atoms with Crippen molar-refractivity contribution in [1.82, 2.24) is 10.6 Å². The molecule has 1 saturated heterocycles. The third kappa shape index (κ3) is 4.20. The van der Waals surface area contributed by atoms with Gasteiger partial charge in [-0.25, -0.2) is 0 Å². The van der Waals surface area contributed by atoms with Gasteiger partial charge in [0.05, 0.1) is 12.0 Å². The predicted octanol–water partition coefficient (Wildman–Crippen LogP) is 2.96. The van der Waals surface area contributed by atoms with Crippen LogP contribution in [0.25, 0.3) is 0 Å². The molecule has 0 saturated carbocycles. The zero-order valence-electron chi connectivity index (χ0n) is 11.8. The van der Waals surface area contributed by atoms with Gasteiger partial charge in [0, 0.05) is 16.3 Å². The minimum atomic E-state index is 0. The maximum Gasteiger partial charge on any atom is 0.224 e. The molecule has 2 rings (SSSR count). The van der Waals surface area contributed by atoms with Crippen LogP contribution < -0.4 is 10.6 Å². The predicted molar refractivity (Wildman–Crippen MR) is 83.2 cm³/mol. The topological polar surface area (TPSA) is 41.1 Å². The number of hydrogen-bond donors (Lipinski definition) is 2. The molecule has 1 aromatic heterocycles. The fourth-order valence-corrected chi connectivity index (χ4v) is 3.59. The quantitative estimate of drug-likeness (QED) is 0.901. The van der Waals surface area contributed by atoms with Crippen LogP contribution in [0.4, 0.5) is 0 Å². The molecule has 1 aliphatic rings. The first-order valence-electron chi connectivity index (χ1n) is 6.66. The van der Waals surface area contributed by atoms with Gasteiger partial charge in [-0.15, -0.1) is 23.7 Å². The van der Waals surface area contributed by atoms with Crippen molar-refractivity contribution in [3.05, 3.63) is 21.4 Å². The smallest absolute Gasteiger partial charge is 0.224 e. The lowest BCUT2D eigenvalue weighted by Crippen LogP contribution is -2.41. The van der Waals surface area contributed by atoms with Crippen LogP contribution in [0.5, 0.6) is 0 Å². The van der Waals surface area contributed by atoms with E-state index in [9.17, 15) is 4.79 Å². The molecule has 19 heavy (non-hydrogen) atoms.